The average Bonchev–Trinajstić information content (AvgIpc) is 2.90. The number of aromatic nitrogens is 2. The maximum atomic E-state index is 11.9. The van der Waals surface area contributed by atoms with Gasteiger partial charge in [-0.2, -0.15) is 0 Å². The Kier molecular flexibility index (Phi) is 9.53. The number of alkyl halides is 3. The molecule has 0 N–H and O–H groups in total. The van der Waals surface area contributed by atoms with Gasteiger partial charge in [0.25, 0.3) is 0 Å². The van der Waals surface area contributed by atoms with E-state index in [0.29, 0.717) is 18.2 Å². The van der Waals surface area contributed by atoms with E-state index in [4.69, 9.17) is 4.74 Å². The van der Waals surface area contributed by atoms with E-state index in [9.17, 15) is 13.2 Å². The second kappa shape index (κ2) is 10.5. The minimum atomic E-state index is -4.75. The van der Waals surface area contributed by atoms with Gasteiger partial charge in [0.15, 0.2) is 0 Å². The second-order valence-corrected chi connectivity index (χ2v) is 4.49. The van der Waals surface area contributed by atoms with Gasteiger partial charge in [0, 0.05) is 12.3 Å². The standard InChI is InChI=1S/C13H15F3N2O2.C3H8/c1-4-9-19-12-7-8-18(17-12)10(2)5-6-11(3)20-13(14,15)16;1-3-2/h5-8H,2-4,9H2,1H3;3H2,1-2H3/b6-5-;. The Labute approximate surface area is 134 Å². The largest absolute Gasteiger partial charge is 0.573 e. The fourth-order valence-electron chi connectivity index (χ4n) is 1.20. The molecule has 0 atom stereocenters. The number of halogens is 3. The molecule has 0 radical (unpaired) electrons. The summed E-state index contributed by atoms with van der Waals surface area (Å²) >= 11 is 0. The lowest BCUT2D eigenvalue weighted by Gasteiger charge is -2.08. The van der Waals surface area contributed by atoms with E-state index < -0.39 is 12.1 Å². The SMILES string of the molecule is C=C(/C=C\C(=C)n1ccc(OCCC)n1)OC(F)(F)F.CCC. The average molecular weight is 332 g/mol. The van der Waals surface area contributed by atoms with E-state index in [1.165, 1.54) is 17.2 Å². The van der Waals surface area contributed by atoms with Crippen molar-refractivity contribution >= 4 is 5.70 Å². The highest BCUT2D eigenvalue weighted by atomic mass is 19.4. The number of hydrogen-bond acceptors (Lipinski definition) is 3. The summed E-state index contributed by atoms with van der Waals surface area (Å²) in [4.78, 5) is 0. The first-order valence-electron chi connectivity index (χ1n) is 7.23. The highest BCUT2D eigenvalue weighted by Gasteiger charge is 2.30. The monoisotopic (exact) mass is 332 g/mol. The molecule has 1 rings (SSSR count). The number of ether oxygens (including phenoxy) is 2. The van der Waals surface area contributed by atoms with Crippen molar-refractivity contribution in [3.8, 4) is 5.88 Å². The Balaban J connectivity index is 0.00000149. The van der Waals surface area contributed by atoms with Gasteiger partial charge in [-0.05, 0) is 18.6 Å². The molecule has 23 heavy (non-hydrogen) atoms. The van der Waals surface area contributed by atoms with E-state index in [1.54, 1.807) is 12.3 Å². The first-order valence-corrected chi connectivity index (χ1v) is 7.23. The predicted octanol–water partition coefficient (Wildman–Crippen LogP) is 5.17. The van der Waals surface area contributed by atoms with Crippen LogP contribution >= 0.6 is 0 Å². The van der Waals surface area contributed by atoms with Gasteiger partial charge in [0.05, 0.1) is 12.3 Å². The predicted molar refractivity (Wildman–Crippen MR) is 84.7 cm³/mol. The summed E-state index contributed by atoms with van der Waals surface area (Å²) in [5.74, 6) is -0.111. The van der Waals surface area contributed by atoms with Crippen LogP contribution in [0.1, 0.15) is 33.6 Å². The number of allylic oxidation sites excluding steroid dienone is 3. The van der Waals surface area contributed by atoms with Crippen molar-refractivity contribution in [1.82, 2.24) is 9.78 Å². The van der Waals surface area contributed by atoms with Gasteiger partial charge in [0.1, 0.15) is 5.76 Å². The maximum absolute atomic E-state index is 11.9. The molecule has 0 bridgehead atoms. The molecule has 0 saturated heterocycles. The van der Waals surface area contributed by atoms with Gasteiger partial charge >= 0.3 is 6.36 Å². The third kappa shape index (κ3) is 10.2. The molecular weight excluding hydrogens is 309 g/mol. The molecule has 0 aromatic carbocycles. The van der Waals surface area contributed by atoms with Crippen LogP contribution in [0, 0.1) is 0 Å². The van der Waals surface area contributed by atoms with Crippen LogP contribution in [0.5, 0.6) is 5.88 Å². The van der Waals surface area contributed by atoms with Crippen molar-refractivity contribution < 1.29 is 22.6 Å². The quantitative estimate of drug-likeness (QED) is 0.511. The normalized spacial score (nSPS) is 10.9. The van der Waals surface area contributed by atoms with Crippen LogP contribution < -0.4 is 4.74 Å². The van der Waals surface area contributed by atoms with Gasteiger partial charge in [-0.1, -0.05) is 40.3 Å². The molecule has 0 saturated carbocycles. The summed E-state index contributed by atoms with van der Waals surface area (Å²) in [7, 11) is 0. The topological polar surface area (TPSA) is 36.3 Å². The molecule has 0 unspecified atom stereocenters. The Hall–Kier alpha value is -2.18. The number of hydrogen-bond donors (Lipinski definition) is 0. The van der Waals surface area contributed by atoms with Gasteiger partial charge in [0.2, 0.25) is 5.88 Å². The van der Waals surface area contributed by atoms with Gasteiger partial charge < -0.3 is 9.47 Å². The van der Waals surface area contributed by atoms with Crippen molar-refractivity contribution in [3.05, 3.63) is 43.3 Å². The van der Waals surface area contributed by atoms with Crippen LogP contribution in [0.25, 0.3) is 5.70 Å². The zero-order valence-electron chi connectivity index (χ0n) is 13.7. The Bertz CT molecular complexity index is 520. The molecule has 1 aromatic heterocycles. The van der Waals surface area contributed by atoms with Gasteiger partial charge in [-0.25, -0.2) is 4.68 Å². The van der Waals surface area contributed by atoms with Crippen molar-refractivity contribution in [2.75, 3.05) is 6.61 Å². The van der Waals surface area contributed by atoms with E-state index in [0.717, 1.165) is 12.5 Å². The van der Waals surface area contributed by atoms with E-state index in [-0.39, 0.29) is 0 Å². The molecule has 0 aliphatic carbocycles. The lowest BCUT2D eigenvalue weighted by molar-refractivity contribution is -0.303. The van der Waals surface area contributed by atoms with Crippen molar-refractivity contribution in [1.29, 1.82) is 0 Å². The number of nitrogens with zero attached hydrogens (tertiary/aromatic N) is 2. The summed E-state index contributed by atoms with van der Waals surface area (Å²) in [5, 5.41) is 4.05. The lowest BCUT2D eigenvalue weighted by atomic mass is 10.4. The molecule has 0 aliphatic rings. The molecule has 1 heterocycles. The molecule has 4 nitrogen and oxygen atoms in total. The first-order chi connectivity index (χ1) is 10.7. The third-order valence-electron chi connectivity index (χ3n) is 2.02. The van der Waals surface area contributed by atoms with Crippen LogP contribution in [0.2, 0.25) is 0 Å². The van der Waals surface area contributed by atoms with Crippen molar-refractivity contribution in [3.63, 3.8) is 0 Å². The Morgan fingerprint density at radius 2 is 1.87 bits per heavy atom. The molecule has 0 spiro atoms. The summed E-state index contributed by atoms with van der Waals surface area (Å²) in [6.45, 7) is 13.5. The van der Waals surface area contributed by atoms with Crippen LogP contribution in [0.15, 0.2) is 43.3 Å². The fourth-order valence-corrected chi connectivity index (χ4v) is 1.20. The summed E-state index contributed by atoms with van der Waals surface area (Å²) in [6.07, 6.45) is 1.30. The van der Waals surface area contributed by atoms with Crippen LogP contribution in [-0.2, 0) is 4.74 Å². The van der Waals surface area contributed by atoms with E-state index in [1.807, 2.05) is 6.92 Å². The Morgan fingerprint density at radius 3 is 2.39 bits per heavy atom. The molecule has 0 fully saturated rings. The highest BCUT2D eigenvalue weighted by Crippen LogP contribution is 2.20. The summed E-state index contributed by atoms with van der Waals surface area (Å²) < 4.78 is 46.0. The van der Waals surface area contributed by atoms with Crippen LogP contribution in [0.3, 0.4) is 0 Å². The van der Waals surface area contributed by atoms with Crippen molar-refractivity contribution in [2.45, 2.75) is 40.0 Å². The first kappa shape index (κ1) is 20.8. The van der Waals surface area contributed by atoms with Crippen molar-refractivity contribution in [2.24, 2.45) is 0 Å². The molecule has 130 valence electrons. The molecule has 1 aromatic rings. The highest BCUT2D eigenvalue weighted by molar-refractivity contribution is 5.54. The van der Waals surface area contributed by atoms with Crippen LogP contribution in [0.4, 0.5) is 13.2 Å². The molecule has 0 amide bonds. The third-order valence-corrected chi connectivity index (χ3v) is 2.02. The van der Waals surface area contributed by atoms with E-state index in [2.05, 4.69) is 36.8 Å². The van der Waals surface area contributed by atoms with Gasteiger partial charge in [-0.15, -0.1) is 18.3 Å². The maximum Gasteiger partial charge on any atom is 0.573 e. The van der Waals surface area contributed by atoms with E-state index >= 15 is 0 Å². The zero-order chi connectivity index (χ0) is 17.9. The zero-order valence-corrected chi connectivity index (χ0v) is 13.7. The Morgan fingerprint density at radius 1 is 1.26 bits per heavy atom. The summed E-state index contributed by atoms with van der Waals surface area (Å²) in [6, 6.07) is 1.63. The van der Waals surface area contributed by atoms with Crippen LogP contribution in [-0.4, -0.2) is 22.7 Å². The lowest BCUT2D eigenvalue weighted by Crippen LogP contribution is -2.11. The molecule has 0 aliphatic heterocycles. The fraction of sp³-hybridized carbons (Fsp3) is 0.438. The number of rotatable bonds is 7. The summed E-state index contributed by atoms with van der Waals surface area (Å²) in [5.41, 5.74) is 0.350. The smallest absolute Gasteiger partial charge is 0.477 e. The minimum Gasteiger partial charge on any atom is -0.477 e. The molecule has 7 heteroatoms. The molecular formula is C16H23F3N2O2. The second-order valence-electron chi connectivity index (χ2n) is 4.49. The minimum absolute atomic E-state index is 0.350. The van der Waals surface area contributed by atoms with Gasteiger partial charge in [-0.3, -0.25) is 0 Å².